The van der Waals surface area contributed by atoms with Crippen molar-refractivity contribution in [2.24, 2.45) is 4.99 Å². The van der Waals surface area contributed by atoms with Crippen LogP contribution in [-0.4, -0.2) is 32.3 Å². The third-order valence-corrected chi connectivity index (χ3v) is 3.70. The van der Waals surface area contributed by atoms with Crippen molar-refractivity contribution in [1.82, 2.24) is 0 Å². The second-order valence-electron chi connectivity index (χ2n) is 5.23. The maximum absolute atomic E-state index is 11.0. The number of non-ortho nitro benzene ring substituents is 2. The van der Waals surface area contributed by atoms with E-state index >= 15 is 0 Å². The van der Waals surface area contributed by atoms with Gasteiger partial charge in [-0.3, -0.25) is 25.2 Å². The van der Waals surface area contributed by atoms with Crippen LogP contribution in [0.5, 0.6) is 11.5 Å². The van der Waals surface area contributed by atoms with E-state index in [1.54, 1.807) is 0 Å². The summed E-state index contributed by atoms with van der Waals surface area (Å²) < 4.78 is 0. The number of phenols is 2. The quantitative estimate of drug-likeness (QED) is 0.503. The molecule has 0 saturated heterocycles. The van der Waals surface area contributed by atoms with Gasteiger partial charge in [0, 0.05) is 29.8 Å². The molecule has 0 aromatic heterocycles. The summed E-state index contributed by atoms with van der Waals surface area (Å²) in [6.07, 6.45) is 0.518. The number of fused-ring (bicyclic) bond motifs is 1. The fourth-order valence-corrected chi connectivity index (χ4v) is 2.61. The van der Waals surface area contributed by atoms with Gasteiger partial charge in [0.05, 0.1) is 21.6 Å². The summed E-state index contributed by atoms with van der Waals surface area (Å²) in [5.74, 6) is -0.636. The lowest BCUT2D eigenvalue weighted by Crippen LogP contribution is -2.14. The van der Waals surface area contributed by atoms with Crippen molar-refractivity contribution in [2.45, 2.75) is 6.42 Å². The number of rotatable bonds is 3. The van der Waals surface area contributed by atoms with E-state index in [2.05, 4.69) is 4.99 Å². The van der Waals surface area contributed by atoms with Crippen LogP contribution in [0.25, 0.3) is 0 Å². The smallest absolute Gasteiger partial charge is 0.276 e. The fourth-order valence-electron chi connectivity index (χ4n) is 2.61. The zero-order valence-electron chi connectivity index (χ0n) is 12.2. The van der Waals surface area contributed by atoms with E-state index in [4.69, 9.17) is 0 Å². The maximum atomic E-state index is 11.0. The zero-order valence-corrected chi connectivity index (χ0v) is 12.2. The van der Waals surface area contributed by atoms with Crippen molar-refractivity contribution >= 4 is 17.1 Å². The van der Waals surface area contributed by atoms with E-state index in [1.807, 2.05) is 0 Å². The molecule has 1 aliphatic rings. The van der Waals surface area contributed by atoms with Crippen molar-refractivity contribution in [3.05, 3.63) is 67.3 Å². The number of nitrogens with zero attached hydrogens (tertiary/aromatic N) is 3. The SMILES string of the molecule is O=[N+]([O-])c1cc(C2=NCCc3cc(O)c(O)cc32)cc([N+](=O)[O-])c1. The first-order valence-corrected chi connectivity index (χ1v) is 6.90. The monoisotopic (exact) mass is 329 g/mol. The number of nitro benzene ring substituents is 2. The van der Waals surface area contributed by atoms with Gasteiger partial charge in [0.25, 0.3) is 11.4 Å². The summed E-state index contributed by atoms with van der Waals surface area (Å²) in [4.78, 5) is 24.9. The van der Waals surface area contributed by atoms with Crippen molar-refractivity contribution in [2.75, 3.05) is 6.54 Å². The van der Waals surface area contributed by atoms with E-state index in [0.29, 0.717) is 29.8 Å². The molecular weight excluding hydrogens is 318 g/mol. The predicted octanol–water partition coefficient (Wildman–Crippen LogP) is 2.31. The number of hydrogen-bond acceptors (Lipinski definition) is 7. The highest BCUT2D eigenvalue weighted by atomic mass is 16.6. The Labute approximate surface area is 134 Å². The number of phenolic OH excluding ortho intramolecular Hbond substituents is 2. The number of aliphatic imine (C=N–C) groups is 1. The molecule has 0 aliphatic carbocycles. The van der Waals surface area contributed by atoms with Crippen molar-refractivity contribution in [3.8, 4) is 11.5 Å². The molecule has 2 N–H and O–H groups in total. The highest BCUT2D eigenvalue weighted by molar-refractivity contribution is 6.15. The van der Waals surface area contributed by atoms with Crippen LogP contribution in [0, 0.1) is 20.2 Å². The standard InChI is InChI=1S/C15H11N3O6/c19-13-5-8-1-2-16-15(12(8)7-14(13)20)9-3-10(17(21)22)6-11(4-9)18(23)24/h3-7,19-20H,1-2H2. The van der Waals surface area contributed by atoms with Crippen LogP contribution in [0.15, 0.2) is 35.3 Å². The van der Waals surface area contributed by atoms with Gasteiger partial charge in [-0.1, -0.05) is 0 Å². The van der Waals surface area contributed by atoms with E-state index in [1.165, 1.54) is 24.3 Å². The number of benzene rings is 2. The highest BCUT2D eigenvalue weighted by Crippen LogP contribution is 2.33. The van der Waals surface area contributed by atoms with Crippen molar-refractivity contribution < 1.29 is 20.1 Å². The number of aromatic hydroxyl groups is 2. The van der Waals surface area contributed by atoms with Crippen LogP contribution in [0.1, 0.15) is 16.7 Å². The molecule has 0 bridgehead atoms. The molecule has 1 heterocycles. The Morgan fingerprint density at radius 1 is 0.917 bits per heavy atom. The van der Waals surface area contributed by atoms with Crippen LogP contribution in [0.4, 0.5) is 11.4 Å². The Morgan fingerprint density at radius 2 is 1.50 bits per heavy atom. The molecule has 2 aromatic rings. The third kappa shape index (κ3) is 2.62. The third-order valence-electron chi connectivity index (χ3n) is 3.70. The second kappa shape index (κ2) is 5.61. The first kappa shape index (κ1) is 15.4. The van der Waals surface area contributed by atoms with Crippen LogP contribution in [0.3, 0.4) is 0 Å². The summed E-state index contributed by atoms with van der Waals surface area (Å²) in [5.41, 5.74) is 0.852. The minimum atomic E-state index is -0.713. The Hall–Kier alpha value is -3.49. The molecule has 0 unspecified atom stereocenters. The largest absolute Gasteiger partial charge is 0.504 e. The van der Waals surface area contributed by atoms with Gasteiger partial charge in [-0.25, -0.2) is 0 Å². The van der Waals surface area contributed by atoms with Gasteiger partial charge in [0.15, 0.2) is 11.5 Å². The molecule has 3 rings (SSSR count). The van der Waals surface area contributed by atoms with Gasteiger partial charge in [-0.15, -0.1) is 0 Å². The molecule has 0 saturated carbocycles. The molecule has 0 radical (unpaired) electrons. The molecule has 24 heavy (non-hydrogen) atoms. The molecule has 122 valence electrons. The van der Waals surface area contributed by atoms with Crippen LogP contribution >= 0.6 is 0 Å². The Bertz CT molecular complexity index is 874. The van der Waals surface area contributed by atoms with Crippen LogP contribution < -0.4 is 0 Å². The van der Waals surface area contributed by atoms with Crippen molar-refractivity contribution in [1.29, 1.82) is 0 Å². The predicted molar refractivity (Wildman–Crippen MR) is 83.7 cm³/mol. The van der Waals surface area contributed by atoms with Gasteiger partial charge >= 0.3 is 0 Å². The topological polar surface area (TPSA) is 139 Å². The van der Waals surface area contributed by atoms with Crippen LogP contribution in [-0.2, 0) is 6.42 Å². The van der Waals surface area contributed by atoms with Crippen LogP contribution in [0.2, 0.25) is 0 Å². The molecule has 0 spiro atoms. The van der Waals surface area contributed by atoms with Gasteiger partial charge in [0.1, 0.15) is 0 Å². The van der Waals surface area contributed by atoms with E-state index in [9.17, 15) is 30.4 Å². The summed E-state index contributed by atoms with van der Waals surface area (Å²) in [7, 11) is 0. The summed E-state index contributed by atoms with van der Waals surface area (Å²) in [6, 6.07) is 5.97. The van der Waals surface area contributed by atoms with Gasteiger partial charge in [-0.05, 0) is 24.1 Å². The fraction of sp³-hybridized carbons (Fsp3) is 0.133. The maximum Gasteiger partial charge on any atom is 0.276 e. The molecule has 2 aromatic carbocycles. The average molecular weight is 329 g/mol. The lowest BCUT2D eigenvalue weighted by atomic mass is 9.92. The van der Waals surface area contributed by atoms with Crippen molar-refractivity contribution in [3.63, 3.8) is 0 Å². The van der Waals surface area contributed by atoms with Gasteiger partial charge in [0.2, 0.25) is 0 Å². The summed E-state index contributed by atoms with van der Waals surface area (Å²) in [5, 5.41) is 41.4. The number of nitro groups is 2. The second-order valence-corrected chi connectivity index (χ2v) is 5.23. The van der Waals surface area contributed by atoms with E-state index in [-0.39, 0.29) is 17.1 Å². The molecule has 9 heteroatoms. The zero-order chi connectivity index (χ0) is 17.4. The molecule has 0 amide bonds. The normalized spacial score (nSPS) is 13.1. The van der Waals surface area contributed by atoms with Gasteiger partial charge in [-0.2, -0.15) is 0 Å². The lowest BCUT2D eigenvalue weighted by molar-refractivity contribution is -0.394. The Morgan fingerprint density at radius 3 is 2.08 bits per heavy atom. The van der Waals surface area contributed by atoms with Gasteiger partial charge < -0.3 is 10.2 Å². The first-order chi connectivity index (χ1) is 11.4. The molecule has 0 atom stereocenters. The Kier molecular flexibility index (Phi) is 3.60. The minimum absolute atomic E-state index is 0.210. The summed E-state index contributed by atoms with van der Waals surface area (Å²) >= 11 is 0. The van der Waals surface area contributed by atoms with E-state index < -0.39 is 21.2 Å². The average Bonchev–Trinajstić information content (AvgIpc) is 2.55. The minimum Gasteiger partial charge on any atom is -0.504 e. The lowest BCUT2D eigenvalue weighted by Gasteiger charge is -2.18. The highest BCUT2D eigenvalue weighted by Gasteiger charge is 2.23. The first-order valence-electron chi connectivity index (χ1n) is 6.90. The van der Waals surface area contributed by atoms with E-state index in [0.717, 1.165) is 6.07 Å². The number of hydrogen-bond donors (Lipinski definition) is 2. The molecular formula is C15H11N3O6. The molecule has 1 aliphatic heterocycles. The molecule has 9 nitrogen and oxygen atoms in total. The molecule has 0 fully saturated rings. The summed E-state index contributed by atoms with van der Waals surface area (Å²) in [6.45, 7) is 0.364. The Balaban J connectivity index is 2.20.